The number of methoxy groups -OCH3 is 1. The molecule has 1 unspecified atom stereocenters. The first-order valence-electron chi connectivity index (χ1n) is 7.39. The van der Waals surface area contributed by atoms with Gasteiger partial charge < -0.3 is 9.72 Å². The van der Waals surface area contributed by atoms with E-state index in [1.165, 1.54) is 12.7 Å². The largest absolute Gasteiger partial charge is 0.465 e. The van der Waals surface area contributed by atoms with Crippen molar-refractivity contribution < 1.29 is 9.53 Å². The van der Waals surface area contributed by atoms with Crippen LogP contribution in [0.4, 0.5) is 0 Å². The summed E-state index contributed by atoms with van der Waals surface area (Å²) < 4.78 is 4.75. The minimum Gasteiger partial charge on any atom is -0.465 e. The summed E-state index contributed by atoms with van der Waals surface area (Å²) >= 11 is 0. The molecule has 0 fully saturated rings. The van der Waals surface area contributed by atoms with Crippen LogP contribution in [0.15, 0.2) is 23.0 Å². The lowest BCUT2D eigenvalue weighted by molar-refractivity contribution is 0.0597. The highest BCUT2D eigenvalue weighted by atomic mass is 16.5. The molecular weight excluding hydrogens is 278 g/mol. The van der Waals surface area contributed by atoms with Gasteiger partial charge in [-0.05, 0) is 48.9 Å². The number of fused-ring (bicyclic) bond motifs is 3. The Hall–Kier alpha value is -2.36. The van der Waals surface area contributed by atoms with Gasteiger partial charge in [0.2, 0.25) is 0 Å². The summed E-state index contributed by atoms with van der Waals surface area (Å²) in [5, 5.41) is 0. The summed E-state index contributed by atoms with van der Waals surface area (Å²) in [5.41, 5.74) is 5.77. The summed E-state index contributed by atoms with van der Waals surface area (Å²) in [5.74, 6) is -0.339. The maximum absolute atomic E-state index is 12.4. The van der Waals surface area contributed by atoms with E-state index in [0.717, 1.165) is 34.4 Å². The smallest absolute Gasteiger partial charge is 0.343 e. The summed E-state index contributed by atoms with van der Waals surface area (Å²) in [6.45, 7) is 5.98. The van der Waals surface area contributed by atoms with E-state index in [-0.39, 0.29) is 17.0 Å². The molecule has 3 rings (SSSR count). The summed E-state index contributed by atoms with van der Waals surface area (Å²) in [7, 11) is 1.29. The molecule has 0 saturated heterocycles. The molecule has 0 aliphatic heterocycles. The third-order valence-corrected chi connectivity index (χ3v) is 4.46. The fraction of sp³-hybridized carbons (Fsp3) is 0.333. The Morgan fingerprint density at radius 3 is 2.73 bits per heavy atom. The first kappa shape index (κ1) is 14.6. The SMILES string of the molecule is COC(=O)c1c(C)c2c([nH]c1=O)-c1cc(C)ccc1CC2C. The van der Waals surface area contributed by atoms with Crippen molar-refractivity contribution in [3.63, 3.8) is 0 Å². The maximum atomic E-state index is 12.4. The number of aryl methyl sites for hydroxylation is 1. The van der Waals surface area contributed by atoms with Crippen LogP contribution in [0.25, 0.3) is 11.3 Å². The first-order valence-corrected chi connectivity index (χ1v) is 7.39. The second-order valence-corrected chi connectivity index (χ2v) is 6.00. The van der Waals surface area contributed by atoms with E-state index in [9.17, 15) is 9.59 Å². The van der Waals surface area contributed by atoms with Crippen molar-refractivity contribution in [2.75, 3.05) is 7.11 Å². The number of rotatable bonds is 1. The van der Waals surface area contributed by atoms with Crippen molar-refractivity contribution in [1.29, 1.82) is 0 Å². The van der Waals surface area contributed by atoms with Crippen molar-refractivity contribution in [3.8, 4) is 11.3 Å². The Bertz CT molecular complexity index is 833. The average Bonchev–Trinajstić information content (AvgIpc) is 2.47. The molecule has 1 atom stereocenters. The molecule has 1 aliphatic carbocycles. The van der Waals surface area contributed by atoms with Gasteiger partial charge in [0, 0.05) is 5.56 Å². The van der Waals surface area contributed by atoms with Gasteiger partial charge in [-0.15, -0.1) is 0 Å². The zero-order chi connectivity index (χ0) is 16.0. The van der Waals surface area contributed by atoms with Gasteiger partial charge in [0.1, 0.15) is 5.56 Å². The summed E-state index contributed by atoms with van der Waals surface area (Å²) in [6, 6.07) is 6.30. The summed E-state index contributed by atoms with van der Waals surface area (Å²) in [4.78, 5) is 27.2. The molecule has 22 heavy (non-hydrogen) atoms. The number of pyridine rings is 1. The predicted molar refractivity (Wildman–Crippen MR) is 85.4 cm³/mol. The Morgan fingerprint density at radius 1 is 1.32 bits per heavy atom. The lowest BCUT2D eigenvalue weighted by Crippen LogP contribution is -2.26. The van der Waals surface area contributed by atoms with Gasteiger partial charge in [-0.3, -0.25) is 4.79 Å². The molecule has 1 aromatic heterocycles. The number of H-pyrrole nitrogens is 1. The number of nitrogens with one attached hydrogen (secondary N) is 1. The molecule has 0 spiro atoms. The van der Waals surface area contributed by atoms with E-state index >= 15 is 0 Å². The van der Waals surface area contributed by atoms with Crippen molar-refractivity contribution in [2.45, 2.75) is 33.1 Å². The zero-order valence-corrected chi connectivity index (χ0v) is 13.2. The number of carbonyl (C=O) groups excluding carboxylic acids is 1. The monoisotopic (exact) mass is 297 g/mol. The van der Waals surface area contributed by atoms with Crippen LogP contribution in [0.2, 0.25) is 0 Å². The third kappa shape index (κ3) is 2.06. The van der Waals surface area contributed by atoms with Crippen LogP contribution in [-0.4, -0.2) is 18.1 Å². The van der Waals surface area contributed by atoms with E-state index in [2.05, 4.69) is 30.1 Å². The highest BCUT2D eigenvalue weighted by molar-refractivity contribution is 5.92. The fourth-order valence-corrected chi connectivity index (χ4v) is 3.45. The molecule has 1 aromatic carbocycles. The van der Waals surface area contributed by atoms with E-state index < -0.39 is 5.97 Å². The number of esters is 1. The molecule has 1 N–H and O–H groups in total. The third-order valence-electron chi connectivity index (χ3n) is 4.46. The molecule has 0 amide bonds. The van der Waals surface area contributed by atoms with E-state index in [1.807, 2.05) is 13.8 Å². The van der Waals surface area contributed by atoms with Crippen LogP contribution in [0.1, 0.15) is 45.5 Å². The van der Waals surface area contributed by atoms with Crippen LogP contribution in [0, 0.1) is 13.8 Å². The van der Waals surface area contributed by atoms with Gasteiger partial charge in [-0.25, -0.2) is 4.79 Å². The molecule has 2 aromatic rings. The summed E-state index contributed by atoms with van der Waals surface area (Å²) in [6.07, 6.45) is 0.899. The number of aromatic amines is 1. The van der Waals surface area contributed by atoms with Crippen LogP contribution in [0.3, 0.4) is 0 Å². The molecule has 0 radical (unpaired) electrons. The average molecular weight is 297 g/mol. The Labute approximate surface area is 129 Å². The van der Waals surface area contributed by atoms with Gasteiger partial charge >= 0.3 is 5.97 Å². The minimum absolute atomic E-state index is 0.115. The Kier molecular flexibility index (Phi) is 3.39. The van der Waals surface area contributed by atoms with Crippen molar-refractivity contribution in [1.82, 2.24) is 4.98 Å². The number of ether oxygens (including phenoxy) is 1. The van der Waals surface area contributed by atoms with Gasteiger partial charge in [-0.2, -0.15) is 0 Å². The van der Waals surface area contributed by atoms with E-state index in [4.69, 9.17) is 4.74 Å². The molecule has 0 bridgehead atoms. The highest BCUT2D eigenvalue weighted by Gasteiger charge is 2.28. The zero-order valence-electron chi connectivity index (χ0n) is 13.2. The van der Waals surface area contributed by atoms with Crippen molar-refractivity contribution >= 4 is 5.97 Å². The topological polar surface area (TPSA) is 59.2 Å². The number of hydrogen-bond acceptors (Lipinski definition) is 3. The minimum atomic E-state index is -0.580. The van der Waals surface area contributed by atoms with Crippen LogP contribution < -0.4 is 5.56 Å². The molecule has 114 valence electrons. The Balaban J connectivity index is 2.35. The van der Waals surface area contributed by atoms with Gasteiger partial charge in [0.05, 0.1) is 12.8 Å². The van der Waals surface area contributed by atoms with Crippen LogP contribution in [0.5, 0.6) is 0 Å². The standard InChI is InChI=1S/C18H19NO3/c1-9-5-6-12-8-10(2)14-11(3)15(18(21)22-4)17(20)19-16(14)13(12)7-9/h5-7,10H,8H2,1-4H3,(H,19,20). The number of aromatic nitrogens is 1. The van der Waals surface area contributed by atoms with Crippen molar-refractivity contribution in [3.05, 3.63) is 56.4 Å². The van der Waals surface area contributed by atoms with Gasteiger partial charge in [0.15, 0.2) is 0 Å². The normalized spacial score (nSPS) is 15.9. The van der Waals surface area contributed by atoms with E-state index in [0.29, 0.717) is 0 Å². The molecule has 1 aliphatic rings. The van der Waals surface area contributed by atoms with Crippen LogP contribution >= 0.6 is 0 Å². The molecule has 0 saturated carbocycles. The quantitative estimate of drug-likeness (QED) is 0.823. The van der Waals surface area contributed by atoms with Crippen LogP contribution in [-0.2, 0) is 11.2 Å². The lowest BCUT2D eigenvalue weighted by atomic mass is 9.79. The number of benzene rings is 1. The van der Waals surface area contributed by atoms with Gasteiger partial charge in [-0.1, -0.05) is 24.6 Å². The lowest BCUT2D eigenvalue weighted by Gasteiger charge is -2.27. The van der Waals surface area contributed by atoms with Crippen molar-refractivity contribution in [2.24, 2.45) is 0 Å². The number of hydrogen-bond donors (Lipinski definition) is 1. The van der Waals surface area contributed by atoms with Gasteiger partial charge in [0.25, 0.3) is 5.56 Å². The predicted octanol–water partition coefficient (Wildman–Crippen LogP) is 3.10. The fourth-order valence-electron chi connectivity index (χ4n) is 3.45. The maximum Gasteiger partial charge on any atom is 0.343 e. The Morgan fingerprint density at radius 2 is 2.05 bits per heavy atom. The molecule has 1 heterocycles. The second-order valence-electron chi connectivity index (χ2n) is 6.00. The molecule has 4 nitrogen and oxygen atoms in total. The molecule has 4 heteroatoms. The highest BCUT2D eigenvalue weighted by Crippen LogP contribution is 2.40. The molecular formula is C18H19NO3. The number of carbonyl (C=O) groups is 1. The first-order chi connectivity index (χ1) is 10.4. The second kappa shape index (κ2) is 5.13. The van der Waals surface area contributed by atoms with E-state index in [1.54, 1.807) is 0 Å².